The van der Waals surface area contributed by atoms with Gasteiger partial charge in [0.25, 0.3) is 0 Å². The molecule has 0 radical (unpaired) electrons. The van der Waals surface area contributed by atoms with Crippen molar-refractivity contribution in [3.8, 4) is 10.6 Å². The molecule has 0 fully saturated rings. The van der Waals surface area contributed by atoms with Crippen molar-refractivity contribution in [1.29, 1.82) is 0 Å². The topological polar surface area (TPSA) is 67.8 Å². The molecule has 0 atom stereocenters. The molecule has 1 amide bonds. The second kappa shape index (κ2) is 6.20. The highest BCUT2D eigenvalue weighted by atomic mass is 32.1. The third-order valence-electron chi connectivity index (χ3n) is 2.34. The number of carbonyl (C=O) groups excluding carboxylic acids is 1. The number of hydrogen-bond donors (Lipinski definition) is 1. The molecule has 0 saturated heterocycles. The van der Waals surface area contributed by atoms with E-state index in [1.165, 1.54) is 11.3 Å². The third kappa shape index (κ3) is 3.33. The average molecular weight is 262 g/mol. The zero-order valence-electron chi connectivity index (χ0n) is 10.1. The van der Waals surface area contributed by atoms with Gasteiger partial charge in [0.05, 0.1) is 0 Å². The van der Waals surface area contributed by atoms with Crippen molar-refractivity contribution in [2.75, 3.05) is 5.32 Å². The molecule has 94 valence electrons. The smallest absolute Gasteiger partial charge is 0.226 e. The van der Waals surface area contributed by atoms with Crippen molar-refractivity contribution in [3.63, 3.8) is 0 Å². The molecule has 5 nitrogen and oxygen atoms in total. The Morgan fingerprint density at radius 3 is 3.06 bits per heavy atom. The third-order valence-corrected chi connectivity index (χ3v) is 3.22. The van der Waals surface area contributed by atoms with E-state index in [-0.39, 0.29) is 5.91 Å². The number of hydrogen-bond acceptors (Lipinski definition) is 5. The number of carbonyl (C=O) groups is 1. The molecule has 6 heteroatoms. The van der Waals surface area contributed by atoms with Crippen molar-refractivity contribution in [1.82, 2.24) is 15.2 Å². The molecule has 1 N–H and O–H groups in total. The normalized spacial score (nSPS) is 10.3. The zero-order valence-corrected chi connectivity index (χ0v) is 10.9. The summed E-state index contributed by atoms with van der Waals surface area (Å²) in [6.07, 6.45) is 5.85. The number of nitrogens with zero attached hydrogens (tertiary/aromatic N) is 3. The van der Waals surface area contributed by atoms with E-state index in [1.807, 2.05) is 12.1 Å². The van der Waals surface area contributed by atoms with E-state index in [0.29, 0.717) is 11.6 Å². The van der Waals surface area contributed by atoms with E-state index in [4.69, 9.17) is 0 Å². The van der Waals surface area contributed by atoms with Crippen molar-refractivity contribution >= 4 is 22.4 Å². The first-order valence-electron chi connectivity index (χ1n) is 5.83. The van der Waals surface area contributed by atoms with E-state index in [2.05, 4.69) is 27.4 Å². The summed E-state index contributed by atoms with van der Waals surface area (Å²) in [4.78, 5) is 15.6. The van der Waals surface area contributed by atoms with Gasteiger partial charge in [-0.25, -0.2) is 0 Å². The van der Waals surface area contributed by atoms with Crippen LogP contribution in [0.15, 0.2) is 24.5 Å². The second-order valence-electron chi connectivity index (χ2n) is 3.81. The lowest BCUT2D eigenvalue weighted by Gasteiger charge is -1.98. The summed E-state index contributed by atoms with van der Waals surface area (Å²) < 4.78 is 0. The van der Waals surface area contributed by atoms with Crippen molar-refractivity contribution in [3.05, 3.63) is 24.5 Å². The molecule has 0 unspecified atom stereocenters. The van der Waals surface area contributed by atoms with Crippen LogP contribution in [0.4, 0.5) is 5.13 Å². The minimum absolute atomic E-state index is 0.00858. The molecule has 0 spiro atoms. The molecule has 0 aromatic carbocycles. The monoisotopic (exact) mass is 262 g/mol. The maximum atomic E-state index is 11.5. The fourth-order valence-electron chi connectivity index (χ4n) is 1.40. The van der Waals surface area contributed by atoms with Gasteiger partial charge in [0.2, 0.25) is 11.0 Å². The molecule has 0 bridgehead atoms. The Hall–Kier alpha value is -1.82. The highest BCUT2D eigenvalue weighted by Crippen LogP contribution is 2.25. The number of unbranched alkanes of at least 4 members (excludes halogenated alkanes) is 1. The van der Waals surface area contributed by atoms with Crippen LogP contribution < -0.4 is 5.32 Å². The van der Waals surface area contributed by atoms with Gasteiger partial charge in [0.15, 0.2) is 5.01 Å². The SMILES string of the molecule is CCCCC(=O)Nc1nnc(-c2cccnc2)s1. The fourth-order valence-corrected chi connectivity index (χ4v) is 2.15. The van der Waals surface area contributed by atoms with Gasteiger partial charge in [-0.3, -0.25) is 9.78 Å². The van der Waals surface area contributed by atoms with Gasteiger partial charge in [0, 0.05) is 24.4 Å². The van der Waals surface area contributed by atoms with Gasteiger partial charge in [-0.1, -0.05) is 24.7 Å². The maximum absolute atomic E-state index is 11.5. The first kappa shape index (κ1) is 12.6. The quantitative estimate of drug-likeness (QED) is 0.899. The number of amides is 1. The summed E-state index contributed by atoms with van der Waals surface area (Å²) in [5.41, 5.74) is 0.907. The number of pyridine rings is 1. The van der Waals surface area contributed by atoms with Gasteiger partial charge < -0.3 is 5.32 Å². The molecular formula is C12H14N4OS. The predicted octanol–water partition coefficient (Wildman–Crippen LogP) is 2.73. The molecule has 2 aromatic rings. The molecule has 0 aliphatic carbocycles. The maximum Gasteiger partial charge on any atom is 0.226 e. The van der Waals surface area contributed by atoms with Crippen molar-refractivity contribution in [2.45, 2.75) is 26.2 Å². The van der Waals surface area contributed by atoms with Crippen LogP contribution in [0.25, 0.3) is 10.6 Å². The summed E-state index contributed by atoms with van der Waals surface area (Å²) in [6.45, 7) is 2.05. The minimum atomic E-state index is -0.00858. The molecule has 2 heterocycles. The van der Waals surface area contributed by atoms with Crippen molar-refractivity contribution < 1.29 is 4.79 Å². The van der Waals surface area contributed by atoms with Crippen LogP contribution in [-0.2, 0) is 4.79 Å². The summed E-state index contributed by atoms with van der Waals surface area (Å²) >= 11 is 1.35. The van der Waals surface area contributed by atoms with Crippen LogP contribution in [0.2, 0.25) is 0 Å². The van der Waals surface area contributed by atoms with Crippen LogP contribution in [0, 0.1) is 0 Å². The Morgan fingerprint density at radius 2 is 2.33 bits per heavy atom. The van der Waals surface area contributed by atoms with E-state index in [9.17, 15) is 4.79 Å². The van der Waals surface area contributed by atoms with Gasteiger partial charge in [0.1, 0.15) is 0 Å². The van der Waals surface area contributed by atoms with E-state index < -0.39 is 0 Å². The van der Waals surface area contributed by atoms with Crippen LogP contribution >= 0.6 is 11.3 Å². The standard InChI is InChI=1S/C12H14N4OS/c1-2-3-6-10(17)14-12-16-15-11(18-12)9-5-4-7-13-8-9/h4-5,7-8H,2-3,6H2,1H3,(H,14,16,17). The zero-order chi connectivity index (χ0) is 12.8. The highest BCUT2D eigenvalue weighted by molar-refractivity contribution is 7.18. The first-order valence-corrected chi connectivity index (χ1v) is 6.65. The predicted molar refractivity (Wildman–Crippen MR) is 71.3 cm³/mol. The van der Waals surface area contributed by atoms with Gasteiger partial charge in [-0.15, -0.1) is 10.2 Å². The van der Waals surface area contributed by atoms with Gasteiger partial charge in [-0.2, -0.15) is 0 Å². The second-order valence-corrected chi connectivity index (χ2v) is 4.78. The number of rotatable bonds is 5. The summed E-state index contributed by atoms with van der Waals surface area (Å²) in [6, 6.07) is 3.76. The molecule has 0 saturated carbocycles. The first-order chi connectivity index (χ1) is 8.79. The molecular weight excluding hydrogens is 248 g/mol. The Kier molecular flexibility index (Phi) is 4.35. The molecule has 2 rings (SSSR count). The van der Waals surface area contributed by atoms with Gasteiger partial charge >= 0.3 is 0 Å². The Morgan fingerprint density at radius 1 is 1.44 bits per heavy atom. The molecule has 0 aliphatic heterocycles. The number of nitrogens with one attached hydrogen (secondary N) is 1. The summed E-state index contributed by atoms with van der Waals surface area (Å²) in [7, 11) is 0. The molecule has 0 aliphatic rings. The average Bonchev–Trinajstić information content (AvgIpc) is 2.86. The molecule has 18 heavy (non-hydrogen) atoms. The number of aromatic nitrogens is 3. The minimum Gasteiger partial charge on any atom is -0.301 e. The Balaban J connectivity index is 2.00. The van der Waals surface area contributed by atoms with E-state index in [0.717, 1.165) is 23.4 Å². The largest absolute Gasteiger partial charge is 0.301 e. The van der Waals surface area contributed by atoms with E-state index >= 15 is 0 Å². The summed E-state index contributed by atoms with van der Waals surface area (Å²) in [5.74, 6) is -0.00858. The lowest BCUT2D eigenvalue weighted by molar-refractivity contribution is -0.116. The Bertz CT molecular complexity index is 512. The van der Waals surface area contributed by atoms with Crippen molar-refractivity contribution in [2.24, 2.45) is 0 Å². The van der Waals surface area contributed by atoms with Crippen LogP contribution in [0.5, 0.6) is 0 Å². The summed E-state index contributed by atoms with van der Waals surface area (Å²) in [5, 5.41) is 12.0. The number of anilines is 1. The van der Waals surface area contributed by atoms with Crippen LogP contribution in [0.3, 0.4) is 0 Å². The lowest BCUT2D eigenvalue weighted by Crippen LogP contribution is -2.10. The van der Waals surface area contributed by atoms with Gasteiger partial charge in [-0.05, 0) is 18.6 Å². The molecule has 2 aromatic heterocycles. The highest BCUT2D eigenvalue weighted by Gasteiger charge is 2.09. The fraction of sp³-hybridized carbons (Fsp3) is 0.333. The van der Waals surface area contributed by atoms with Crippen LogP contribution in [-0.4, -0.2) is 21.1 Å². The lowest BCUT2D eigenvalue weighted by atomic mass is 10.2. The Labute approximate surface area is 109 Å². The van der Waals surface area contributed by atoms with Crippen LogP contribution in [0.1, 0.15) is 26.2 Å². The van der Waals surface area contributed by atoms with E-state index in [1.54, 1.807) is 12.4 Å².